The molecule has 0 radical (unpaired) electrons. The van der Waals surface area contributed by atoms with Crippen LogP contribution in [-0.4, -0.2) is 55.9 Å². The highest BCUT2D eigenvalue weighted by Crippen LogP contribution is 2.30. The number of amides is 2. The Kier molecular flexibility index (Phi) is 5.69. The Morgan fingerprint density at radius 3 is 2.48 bits per heavy atom. The molecular formula is C17H19ClN2O5. The van der Waals surface area contributed by atoms with Gasteiger partial charge in [-0.25, -0.2) is 4.79 Å². The van der Waals surface area contributed by atoms with Crippen molar-refractivity contribution >= 4 is 34.4 Å². The van der Waals surface area contributed by atoms with Gasteiger partial charge in [-0.15, -0.1) is 0 Å². The number of carbonyl (C=O) groups is 2. The first-order chi connectivity index (χ1) is 11.7. The number of hydrogen-bond acceptors (Lipinski definition) is 5. The van der Waals surface area contributed by atoms with Gasteiger partial charge < -0.3 is 19.0 Å². The standard InChI is InChI=1S/C17H19ClN2O5/c1-10-5-17(23)25-13-7-14(12(18)6-11(10)13)24-9-16(22)20(4)8-15(21)19(2)3/h5-7H,8-9H2,1-4H3. The van der Waals surface area contributed by atoms with E-state index in [0.717, 1.165) is 5.56 Å². The largest absolute Gasteiger partial charge is 0.482 e. The number of rotatable bonds is 5. The summed E-state index contributed by atoms with van der Waals surface area (Å²) < 4.78 is 10.6. The summed E-state index contributed by atoms with van der Waals surface area (Å²) in [6.07, 6.45) is 0. The van der Waals surface area contributed by atoms with Gasteiger partial charge in [-0.05, 0) is 18.6 Å². The second-order valence-corrected chi connectivity index (χ2v) is 6.26. The van der Waals surface area contributed by atoms with E-state index in [1.807, 2.05) is 0 Å². The van der Waals surface area contributed by atoms with E-state index in [9.17, 15) is 14.4 Å². The van der Waals surface area contributed by atoms with Crippen molar-refractivity contribution in [3.63, 3.8) is 0 Å². The summed E-state index contributed by atoms with van der Waals surface area (Å²) in [5.41, 5.74) is 0.585. The lowest BCUT2D eigenvalue weighted by Crippen LogP contribution is -2.39. The summed E-state index contributed by atoms with van der Waals surface area (Å²) >= 11 is 6.17. The molecule has 8 heteroatoms. The van der Waals surface area contributed by atoms with E-state index in [1.54, 1.807) is 27.1 Å². The predicted octanol–water partition coefficient (Wildman–Crippen LogP) is 1.68. The maximum absolute atomic E-state index is 12.1. The number of benzene rings is 1. The number of nitrogens with zero attached hydrogens (tertiary/aromatic N) is 2. The molecule has 0 fully saturated rings. The van der Waals surface area contributed by atoms with Gasteiger partial charge >= 0.3 is 5.63 Å². The highest BCUT2D eigenvalue weighted by Gasteiger charge is 2.16. The van der Waals surface area contributed by atoms with Gasteiger partial charge in [-0.3, -0.25) is 9.59 Å². The second kappa shape index (κ2) is 7.57. The van der Waals surface area contributed by atoms with Gasteiger partial charge in [0.2, 0.25) is 5.91 Å². The lowest BCUT2D eigenvalue weighted by Gasteiger charge is -2.19. The van der Waals surface area contributed by atoms with Crippen LogP contribution < -0.4 is 10.4 Å². The van der Waals surface area contributed by atoms with Crippen LogP contribution in [0.4, 0.5) is 0 Å². The molecule has 1 aromatic heterocycles. The van der Waals surface area contributed by atoms with Crippen molar-refractivity contribution in [3.8, 4) is 5.75 Å². The van der Waals surface area contributed by atoms with E-state index < -0.39 is 5.63 Å². The number of aryl methyl sites for hydroxylation is 1. The summed E-state index contributed by atoms with van der Waals surface area (Å²) in [7, 11) is 4.74. The summed E-state index contributed by atoms with van der Waals surface area (Å²) in [6, 6.07) is 4.47. The van der Waals surface area contributed by atoms with E-state index in [4.69, 9.17) is 20.8 Å². The monoisotopic (exact) mass is 366 g/mol. The quantitative estimate of drug-likeness (QED) is 0.752. The van der Waals surface area contributed by atoms with Gasteiger partial charge in [0.05, 0.1) is 11.6 Å². The molecule has 0 aliphatic carbocycles. The number of likely N-dealkylation sites (N-methyl/N-ethyl adjacent to an activating group) is 2. The van der Waals surface area contributed by atoms with Crippen LogP contribution in [0.15, 0.2) is 27.4 Å². The van der Waals surface area contributed by atoms with Crippen molar-refractivity contribution in [2.75, 3.05) is 34.3 Å². The molecule has 0 bridgehead atoms. The molecule has 0 aliphatic rings. The molecule has 1 heterocycles. The molecular weight excluding hydrogens is 348 g/mol. The number of fused-ring (bicyclic) bond motifs is 1. The fourth-order valence-electron chi connectivity index (χ4n) is 2.11. The molecule has 2 aromatic rings. The first kappa shape index (κ1) is 18.8. The van der Waals surface area contributed by atoms with Crippen LogP contribution in [0.2, 0.25) is 5.02 Å². The molecule has 1 aromatic carbocycles. The number of ether oxygens (including phenoxy) is 1. The Morgan fingerprint density at radius 2 is 1.84 bits per heavy atom. The van der Waals surface area contributed by atoms with Crippen molar-refractivity contribution in [1.29, 1.82) is 0 Å². The highest BCUT2D eigenvalue weighted by molar-refractivity contribution is 6.32. The fourth-order valence-corrected chi connectivity index (χ4v) is 2.33. The fraction of sp³-hybridized carbons (Fsp3) is 0.353. The third-order valence-corrected chi connectivity index (χ3v) is 3.95. The van der Waals surface area contributed by atoms with E-state index in [0.29, 0.717) is 16.0 Å². The summed E-state index contributed by atoms with van der Waals surface area (Å²) in [5.74, 6) is -0.350. The van der Waals surface area contributed by atoms with Crippen LogP contribution in [-0.2, 0) is 9.59 Å². The SMILES string of the molecule is Cc1cc(=O)oc2cc(OCC(=O)N(C)CC(=O)N(C)C)c(Cl)cc12. The van der Waals surface area contributed by atoms with Gasteiger partial charge in [-0.2, -0.15) is 0 Å². The topological polar surface area (TPSA) is 80.1 Å². The van der Waals surface area contributed by atoms with Crippen molar-refractivity contribution in [3.05, 3.63) is 39.2 Å². The Balaban J connectivity index is 2.12. The minimum atomic E-state index is -0.476. The van der Waals surface area contributed by atoms with Crippen molar-refractivity contribution in [2.24, 2.45) is 0 Å². The van der Waals surface area contributed by atoms with Crippen LogP contribution in [0.3, 0.4) is 0 Å². The molecule has 0 unspecified atom stereocenters. The predicted molar refractivity (Wildman–Crippen MR) is 94.1 cm³/mol. The Morgan fingerprint density at radius 1 is 1.16 bits per heavy atom. The lowest BCUT2D eigenvalue weighted by atomic mass is 10.1. The summed E-state index contributed by atoms with van der Waals surface area (Å²) in [5, 5.41) is 0.987. The van der Waals surface area contributed by atoms with Gasteiger partial charge in [0.25, 0.3) is 5.91 Å². The van der Waals surface area contributed by atoms with E-state index in [-0.39, 0.29) is 30.7 Å². The normalized spacial score (nSPS) is 10.6. The average Bonchev–Trinajstić information content (AvgIpc) is 2.53. The van der Waals surface area contributed by atoms with Crippen LogP contribution in [0.5, 0.6) is 5.75 Å². The molecule has 0 saturated carbocycles. The van der Waals surface area contributed by atoms with E-state index >= 15 is 0 Å². The minimum Gasteiger partial charge on any atom is -0.482 e. The van der Waals surface area contributed by atoms with Crippen molar-refractivity contribution < 1.29 is 18.7 Å². The lowest BCUT2D eigenvalue weighted by molar-refractivity contribution is -0.139. The Bertz CT molecular complexity index is 875. The first-order valence-electron chi connectivity index (χ1n) is 7.50. The molecule has 0 N–H and O–H groups in total. The third-order valence-electron chi connectivity index (χ3n) is 3.65. The molecule has 0 saturated heterocycles. The highest BCUT2D eigenvalue weighted by atomic mass is 35.5. The Hall–Kier alpha value is -2.54. The molecule has 2 rings (SSSR count). The summed E-state index contributed by atoms with van der Waals surface area (Å²) in [4.78, 5) is 37.8. The van der Waals surface area contributed by atoms with Gasteiger partial charge in [-0.1, -0.05) is 11.6 Å². The zero-order valence-electron chi connectivity index (χ0n) is 14.5. The van der Waals surface area contributed by atoms with Crippen molar-refractivity contribution in [2.45, 2.75) is 6.92 Å². The molecule has 134 valence electrons. The maximum atomic E-state index is 12.1. The van der Waals surface area contributed by atoms with Gasteiger partial charge in [0.1, 0.15) is 11.3 Å². The third kappa shape index (κ3) is 4.51. The van der Waals surface area contributed by atoms with Crippen LogP contribution in [0, 0.1) is 6.92 Å². The smallest absolute Gasteiger partial charge is 0.336 e. The number of hydrogen-bond donors (Lipinski definition) is 0. The minimum absolute atomic E-state index is 0.0469. The van der Waals surface area contributed by atoms with Crippen molar-refractivity contribution in [1.82, 2.24) is 9.80 Å². The second-order valence-electron chi connectivity index (χ2n) is 5.85. The van der Waals surface area contributed by atoms with Crippen LogP contribution in [0.1, 0.15) is 5.56 Å². The van der Waals surface area contributed by atoms with Gasteiger partial charge in [0, 0.05) is 38.7 Å². The zero-order valence-corrected chi connectivity index (χ0v) is 15.2. The van der Waals surface area contributed by atoms with E-state index in [1.165, 1.54) is 29.0 Å². The average molecular weight is 367 g/mol. The van der Waals surface area contributed by atoms with Crippen LogP contribution in [0.25, 0.3) is 11.0 Å². The molecule has 2 amide bonds. The maximum Gasteiger partial charge on any atom is 0.336 e. The first-order valence-corrected chi connectivity index (χ1v) is 7.87. The van der Waals surface area contributed by atoms with Crippen LogP contribution >= 0.6 is 11.6 Å². The molecule has 7 nitrogen and oxygen atoms in total. The zero-order chi connectivity index (χ0) is 18.7. The van der Waals surface area contributed by atoms with Gasteiger partial charge in [0.15, 0.2) is 6.61 Å². The number of halogens is 1. The Labute approximate surface area is 149 Å². The molecule has 0 aliphatic heterocycles. The molecule has 0 spiro atoms. The molecule has 0 atom stereocenters. The summed E-state index contributed by atoms with van der Waals surface area (Å²) in [6.45, 7) is 1.43. The number of carbonyl (C=O) groups excluding carboxylic acids is 2. The molecule has 25 heavy (non-hydrogen) atoms. The van der Waals surface area contributed by atoms with E-state index in [2.05, 4.69) is 0 Å².